The molecule has 0 bridgehead atoms. The topological polar surface area (TPSA) is 122 Å². The summed E-state index contributed by atoms with van der Waals surface area (Å²) >= 11 is 0. The Labute approximate surface area is 223 Å². The first-order valence-electron chi connectivity index (χ1n) is 12.6. The van der Waals surface area contributed by atoms with Gasteiger partial charge in [-0.15, -0.1) is 0 Å². The Morgan fingerprint density at radius 2 is 1.82 bits per heavy atom. The number of likely N-dealkylation sites (tertiary alicyclic amines) is 1. The Balaban J connectivity index is 1.48. The minimum absolute atomic E-state index is 0.0346. The van der Waals surface area contributed by atoms with E-state index in [1.54, 1.807) is 18.7 Å². The number of carbonyl (C=O) groups excluding carboxylic acids is 2. The van der Waals surface area contributed by atoms with Crippen molar-refractivity contribution >= 4 is 27.5 Å². The van der Waals surface area contributed by atoms with Gasteiger partial charge in [-0.2, -0.15) is 0 Å². The van der Waals surface area contributed by atoms with Crippen molar-refractivity contribution in [1.29, 1.82) is 0 Å². The Morgan fingerprint density at radius 3 is 2.42 bits per heavy atom. The van der Waals surface area contributed by atoms with Gasteiger partial charge in [0.05, 0.1) is 30.7 Å². The molecular formula is C27H35FN4O5S. The van der Waals surface area contributed by atoms with Crippen LogP contribution in [0.5, 0.6) is 0 Å². The highest BCUT2D eigenvalue weighted by atomic mass is 32.2. The number of benzene rings is 2. The van der Waals surface area contributed by atoms with Crippen LogP contribution in [0.1, 0.15) is 37.8 Å². The molecule has 1 fully saturated rings. The molecule has 1 spiro atoms. The smallest absolute Gasteiger partial charge is 0.247 e. The fraction of sp³-hybridized carbons (Fsp3) is 0.481. The fourth-order valence-corrected chi connectivity index (χ4v) is 6.08. The summed E-state index contributed by atoms with van der Waals surface area (Å²) in [6.45, 7) is 4.21. The SMILES string of the molecule is CC(C)(N)C(=O)N[C@H](COCc1ccccc1)C(=O)N1CCC2(CC1)CN(S(C)(=O)=O)c1ccc(F)cc12. The number of fused-ring (bicyclic) bond motifs is 2. The molecule has 206 valence electrons. The molecule has 0 aromatic heterocycles. The highest BCUT2D eigenvalue weighted by Crippen LogP contribution is 2.48. The Kier molecular flexibility index (Phi) is 7.83. The lowest BCUT2D eigenvalue weighted by atomic mass is 9.74. The van der Waals surface area contributed by atoms with Crippen LogP contribution in [0.25, 0.3) is 0 Å². The van der Waals surface area contributed by atoms with E-state index in [0.717, 1.165) is 11.8 Å². The molecule has 4 rings (SSSR count). The van der Waals surface area contributed by atoms with Crippen LogP contribution in [0.3, 0.4) is 0 Å². The summed E-state index contributed by atoms with van der Waals surface area (Å²) in [6.07, 6.45) is 2.05. The van der Waals surface area contributed by atoms with Gasteiger partial charge < -0.3 is 20.7 Å². The number of nitrogens with zero attached hydrogens (tertiary/aromatic N) is 2. The monoisotopic (exact) mass is 546 g/mol. The van der Waals surface area contributed by atoms with Gasteiger partial charge in [0.1, 0.15) is 11.9 Å². The summed E-state index contributed by atoms with van der Waals surface area (Å²) < 4.78 is 46.2. The summed E-state index contributed by atoms with van der Waals surface area (Å²) in [5.41, 5.74) is 6.24. The maximum atomic E-state index is 14.2. The number of amides is 2. The van der Waals surface area contributed by atoms with Gasteiger partial charge in [0, 0.05) is 25.0 Å². The molecule has 1 atom stereocenters. The second kappa shape index (κ2) is 10.6. The predicted octanol–water partition coefficient (Wildman–Crippen LogP) is 1.90. The van der Waals surface area contributed by atoms with Crippen molar-refractivity contribution in [1.82, 2.24) is 10.2 Å². The Morgan fingerprint density at radius 1 is 1.16 bits per heavy atom. The van der Waals surface area contributed by atoms with E-state index in [0.29, 0.717) is 37.2 Å². The number of carbonyl (C=O) groups is 2. The van der Waals surface area contributed by atoms with Crippen LogP contribution < -0.4 is 15.4 Å². The van der Waals surface area contributed by atoms with Crippen molar-refractivity contribution in [3.8, 4) is 0 Å². The summed E-state index contributed by atoms with van der Waals surface area (Å²) in [7, 11) is -3.55. The number of nitrogens with one attached hydrogen (secondary N) is 1. The summed E-state index contributed by atoms with van der Waals surface area (Å²) in [4.78, 5) is 27.8. The van der Waals surface area contributed by atoms with Crippen LogP contribution in [0.4, 0.5) is 10.1 Å². The van der Waals surface area contributed by atoms with Crippen LogP contribution in [0, 0.1) is 5.82 Å². The average Bonchev–Trinajstić information content (AvgIpc) is 3.17. The molecule has 0 aliphatic carbocycles. The van der Waals surface area contributed by atoms with Crippen molar-refractivity contribution in [3.63, 3.8) is 0 Å². The fourth-order valence-electron chi connectivity index (χ4n) is 5.08. The number of sulfonamides is 1. The van der Waals surface area contributed by atoms with Crippen molar-refractivity contribution < 1.29 is 27.1 Å². The van der Waals surface area contributed by atoms with E-state index in [9.17, 15) is 22.4 Å². The maximum Gasteiger partial charge on any atom is 0.247 e. The molecule has 2 amide bonds. The second-order valence-corrected chi connectivity index (χ2v) is 12.7. The van der Waals surface area contributed by atoms with E-state index >= 15 is 0 Å². The number of nitrogens with two attached hydrogens (primary N) is 1. The lowest BCUT2D eigenvalue weighted by Gasteiger charge is -2.41. The molecule has 2 aliphatic heterocycles. The van der Waals surface area contributed by atoms with Crippen molar-refractivity contribution in [2.24, 2.45) is 5.73 Å². The highest BCUT2D eigenvalue weighted by Gasteiger charge is 2.48. The maximum absolute atomic E-state index is 14.2. The third kappa shape index (κ3) is 6.00. The van der Waals surface area contributed by atoms with Crippen LogP contribution in [0.15, 0.2) is 48.5 Å². The molecule has 38 heavy (non-hydrogen) atoms. The molecule has 11 heteroatoms. The van der Waals surface area contributed by atoms with Crippen LogP contribution in [0.2, 0.25) is 0 Å². The Bertz CT molecular complexity index is 1290. The molecular weight excluding hydrogens is 511 g/mol. The quantitative estimate of drug-likeness (QED) is 0.522. The highest BCUT2D eigenvalue weighted by molar-refractivity contribution is 7.92. The van der Waals surface area contributed by atoms with Crippen molar-refractivity contribution in [2.45, 2.75) is 50.3 Å². The molecule has 0 saturated carbocycles. The van der Waals surface area contributed by atoms with Gasteiger partial charge in [0.15, 0.2) is 0 Å². The molecule has 1 saturated heterocycles. The molecule has 9 nitrogen and oxygen atoms in total. The summed E-state index contributed by atoms with van der Waals surface area (Å²) in [5, 5.41) is 2.73. The minimum atomic E-state index is -3.55. The lowest BCUT2D eigenvalue weighted by Crippen LogP contribution is -2.59. The molecule has 0 radical (unpaired) electrons. The van der Waals surface area contributed by atoms with Crippen molar-refractivity contribution in [3.05, 3.63) is 65.5 Å². The number of hydrogen-bond donors (Lipinski definition) is 2. The van der Waals surface area contributed by atoms with E-state index in [-0.39, 0.29) is 25.7 Å². The van der Waals surface area contributed by atoms with Gasteiger partial charge >= 0.3 is 0 Å². The van der Waals surface area contributed by atoms with Gasteiger partial charge in [-0.1, -0.05) is 30.3 Å². The molecule has 0 unspecified atom stereocenters. The third-order valence-corrected chi connectivity index (χ3v) is 8.39. The van der Waals surface area contributed by atoms with E-state index in [1.807, 2.05) is 30.3 Å². The van der Waals surface area contributed by atoms with Crippen molar-refractivity contribution in [2.75, 3.05) is 36.8 Å². The van der Waals surface area contributed by atoms with E-state index in [2.05, 4.69) is 5.32 Å². The standard InChI is InChI=1S/C27H35FN4O5S/c1-26(2,29)25(34)30-22(17-37-16-19-7-5-4-6-8-19)24(33)31-13-11-27(12-14-31)18-32(38(3,35)36)23-10-9-20(28)15-21(23)27/h4-10,15,22H,11-14,16-18,29H2,1-3H3,(H,30,34)/t22-/m1/s1. The van der Waals surface area contributed by atoms with Gasteiger partial charge in [-0.25, -0.2) is 12.8 Å². The molecule has 3 N–H and O–H groups in total. The van der Waals surface area contributed by atoms with Gasteiger partial charge in [0.2, 0.25) is 21.8 Å². The van der Waals surface area contributed by atoms with Gasteiger partial charge in [-0.3, -0.25) is 13.9 Å². The summed E-state index contributed by atoms with van der Waals surface area (Å²) in [6, 6.07) is 12.7. The van der Waals surface area contributed by atoms with Crippen LogP contribution in [-0.2, 0) is 36.4 Å². The number of anilines is 1. The second-order valence-electron chi connectivity index (χ2n) is 10.8. The molecule has 2 aliphatic rings. The third-order valence-electron chi connectivity index (χ3n) is 7.26. The number of hydrogen-bond acceptors (Lipinski definition) is 6. The van der Waals surface area contributed by atoms with E-state index < -0.39 is 38.7 Å². The molecule has 2 aromatic carbocycles. The zero-order valence-electron chi connectivity index (χ0n) is 21.9. The Hall–Kier alpha value is -3.02. The number of piperidine rings is 1. The summed E-state index contributed by atoms with van der Waals surface area (Å²) in [5.74, 6) is -1.21. The first-order chi connectivity index (χ1) is 17.8. The first kappa shape index (κ1) is 28.0. The predicted molar refractivity (Wildman–Crippen MR) is 142 cm³/mol. The first-order valence-corrected chi connectivity index (χ1v) is 14.4. The van der Waals surface area contributed by atoms with E-state index in [1.165, 1.54) is 22.5 Å². The molecule has 2 aromatic rings. The zero-order chi connectivity index (χ0) is 27.7. The van der Waals surface area contributed by atoms with Gasteiger partial charge in [0.25, 0.3) is 0 Å². The zero-order valence-corrected chi connectivity index (χ0v) is 22.8. The number of rotatable bonds is 8. The van der Waals surface area contributed by atoms with Crippen LogP contribution >= 0.6 is 0 Å². The minimum Gasteiger partial charge on any atom is -0.374 e. The number of halogens is 1. The molecule has 2 heterocycles. The largest absolute Gasteiger partial charge is 0.374 e. The number of ether oxygens (including phenoxy) is 1. The lowest BCUT2D eigenvalue weighted by molar-refractivity contribution is -0.140. The van der Waals surface area contributed by atoms with Crippen LogP contribution in [-0.4, -0.2) is 69.2 Å². The normalized spacial score (nSPS) is 17.8. The van der Waals surface area contributed by atoms with E-state index in [4.69, 9.17) is 10.5 Å². The van der Waals surface area contributed by atoms with Gasteiger partial charge in [-0.05, 0) is 56.0 Å². The average molecular weight is 547 g/mol.